The highest BCUT2D eigenvalue weighted by molar-refractivity contribution is 6.68. The Balaban J connectivity index is 2.27. The molecule has 0 amide bonds. The van der Waals surface area contributed by atoms with Crippen molar-refractivity contribution in [1.29, 1.82) is 0 Å². The van der Waals surface area contributed by atoms with E-state index in [-0.39, 0.29) is 0 Å². The fourth-order valence-corrected chi connectivity index (χ4v) is 2.02. The van der Waals surface area contributed by atoms with Gasteiger partial charge in [0.2, 0.25) is 0 Å². The summed E-state index contributed by atoms with van der Waals surface area (Å²) < 4.78 is 49.9. The van der Waals surface area contributed by atoms with Gasteiger partial charge in [-0.1, -0.05) is 18.7 Å². The van der Waals surface area contributed by atoms with E-state index < -0.39 is 30.1 Å². The summed E-state index contributed by atoms with van der Waals surface area (Å²) in [6.45, 7) is 11.4. The Kier molecular flexibility index (Phi) is 3.75. The Morgan fingerprint density at radius 2 is 1.62 bits per heavy atom. The summed E-state index contributed by atoms with van der Waals surface area (Å²) in [5, 5.41) is 0. The van der Waals surface area contributed by atoms with Crippen LogP contribution in [0.5, 0.6) is 0 Å². The fraction of sp³-hybridized carbons (Fsp3) is 0.467. The largest absolute Gasteiger partial charge is 0.494 e. The van der Waals surface area contributed by atoms with Gasteiger partial charge in [0.05, 0.1) is 16.8 Å². The normalized spacial score (nSPS) is 20.6. The van der Waals surface area contributed by atoms with E-state index in [4.69, 9.17) is 9.31 Å². The molecule has 0 radical (unpaired) electrons. The van der Waals surface area contributed by atoms with Crippen LogP contribution in [0.3, 0.4) is 0 Å². The fourth-order valence-electron chi connectivity index (χ4n) is 2.02. The number of alkyl halides is 3. The van der Waals surface area contributed by atoms with E-state index in [0.29, 0.717) is 11.0 Å². The molecule has 0 unspecified atom stereocenters. The highest BCUT2D eigenvalue weighted by Gasteiger charge is 2.52. The number of rotatable bonds is 2. The van der Waals surface area contributed by atoms with Crippen molar-refractivity contribution in [1.82, 2.24) is 0 Å². The first-order valence-electron chi connectivity index (χ1n) is 6.66. The highest BCUT2D eigenvalue weighted by Crippen LogP contribution is 2.40. The number of halogens is 3. The maximum Gasteiger partial charge on any atom is 0.494 e. The third kappa shape index (κ3) is 3.01. The molecule has 0 spiro atoms. The van der Waals surface area contributed by atoms with E-state index in [0.717, 1.165) is 12.1 Å². The summed E-state index contributed by atoms with van der Waals surface area (Å²) in [4.78, 5) is 0. The molecule has 1 aromatic rings. The molecule has 2 rings (SSSR count). The first-order chi connectivity index (χ1) is 9.44. The standard InChI is InChI=1S/C15H18BF3O2/c1-10(16-20-13(2,3)14(4,5)21-16)11-7-6-8-12(9-11)15(17,18)19/h6-9H,1H2,2-5H3. The number of hydrogen-bond acceptors (Lipinski definition) is 2. The van der Waals surface area contributed by atoms with E-state index in [1.54, 1.807) is 6.07 Å². The third-order valence-corrected chi connectivity index (χ3v) is 4.10. The van der Waals surface area contributed by atoms with Gasteiger partial charge in [-0.05, 0) is 50.9 Å². The van der Waals surface area contributed by atoms with E-state index in [9.17, 15) is 13.2 Å². The first-order valence-corrected chi connectivity index (χ1v) is 6.66. The second-order valence-electron chi connectivity index (χ2n) is 6.19. The zero-order valence-electron chi connectivity index (χ0n) is 12.5. The lowest BCUT2D eigenvalue weighted by Gasteiger charge is -2.32. The molecule has 0 N–H and O–H groups in total. The van der Waals surface area contributed by atoms with Crippen LogP contribution in [0.1, 0.15) is 38.8 Å². The van der Waals surface area contributed by atoms with Gasteiger partial charge in [-0.15, -0.1) is 0 Å². The van der Waals surface area contributed by atoms with Gasteiger partial charge >= 0.3 is 13.3 Å². The molecule has 114 valence electrons. The predicted molar refractivity (Wildman–Crippen MR) is 76.6 cm³/mol. The lowest BCUT2D eigenvalue weighted by molar-refractivity contribution is -0.137. The molecule has 0 bridgehead atoms. The Bertz CT molecular complexity index is 548. The maximum absolute atomic E-state index is 12.8. The van der Waals surface area contributed by atoms with Crippen LogP contribution >= 0.6 is 0 Å². The van der Waals surface area contributed by atoms with Crippen LogP contribution in [-0.4, -0.2) is 18.3 Å². The SMILES string of the molecule is C=C(B1OC(C)(C)C(C)(C)O1)c1cccc(C(F)(F)F)c1. The minimum Gasteiger partial charge on any atom is -0.399 e. The molecular formula is C15H18BF3O2. The van der Waals surface area contributed by atoms with Crippen LogP contribution in [0.25, 0.3) is 5.47 Å². The topological polar surface area (TPSA) is 18.5 Å². The second-order valence-corrected chi connectivity index (χ2v) is 6.19. The Morgan fingerprint density at radius 1 is 1.10 bits per heavy atom. The highest BCUT2D eigenvalue weighted by atomic mass is 19.4. The first kappa shape index (κ1) is 16.1. The molecule has 1 fully saturated rings. The van der Waals surface area contributed by atoms with Crippen molar-refractivity contribution in [2.24, 2.45) is 0 Å². The smallest absolute Gasteiger partial charge is 0.399 e. The summed E-state index contributed by atoms with van der Waals surface area (Å²) >= 11 is 0. The van der Waals surface area contributed by atoms with Crippen molar-refractivity contribution in [2.45, 2.75) is 45.1 Å². The molecule has 1 aromatic carbocycles. The summed E-state index contributed by atoms with van der Waals surface area (Å²) in [7, 11) is -0.751. The van der Waals surface area contributed by atoms with Crippen molar-refractivity contribution in [3.63, 3.8) is 0 Å². The van der Waals surface area contributed by atoms with Gasteiger partial charge in [0.1, 0.15) is 0 Å². The zero-order valence-corrected chi connectivity index (χ0v) is 12.5. The monoisotopic (exact) mass is 298 g/mol. The Morgan fingerprint density at radius 3 is 2.10 bits per heavy atom. The van der Waals surface area contributed by atoms with Crippen LogP contribution in [0.15, 0.2) is 30.8 Å². The lowest BCUT2D eigenvalue weighted by atomic mass is 9.75. The third-order valence-electron chi connectivity index (χ3n) is 4.10. The second kappa shape index (κ2) is 4.88. The summed E-state index contributed by atoms with van der Waals surface area (Å²) in [5.41, 5.74) is -1.06. The lowest BCUT2D eigenvalue weighted by Crippen LogP contribution is -2.41. The minimum absolute atomic E-state index is 0.364. The molecule has 0 saturated carbocycles. The van der Waals surface area contributed by atoms with E-state index in [1.807, 2.05) is 27.7 Å². The molecular weight excluding hydrogens is 280 g/mol. The molecule has 1 aliphatic rings. The Hall–Kier alpha value is -1.27. The van der Waals surface area contributed by atoms with Crippen LogP contribution in [-0.2, 0) is 15.5 Å². The number of benzene rings is 1. The van der Waals surface area contributed by atoms with E-state index in [1.165, 1.54) is 6.07 Å². The van der Waals surface area contributed by atoms with Crippen molar-refractivity contribution in [2.75, 3.05) is 0 Å². The van der Waals surface area contributed by atoms with Crippen molar-refractivity contribution < 1.29 is 22.5 Å². The average Bonchev–Trinajstić information content (AvgIpc) is 2.57. The van der Waals surface area contributed by atoms with Gasteiger partial charge < -0.3 is 9.31 Å². The van der Waals surface area contributed by atoms with Crippen molar-refractivity contribution >= 4 is 12.6 Å². The summed E-state index contributed by atoms with van der Waals surface area (Å²) in [5.74, 6) is 0. The molecule has 6 heteroatoms. The molecule has 1 aliphatic heterocycles. The zero-order chi connectivity index (χ0) is 16.1. The number of hydrogen-bond donors (Lipinski definition) is 0. The van der Waals surface area contributed by atoms with Crippen LogP contribution < -0.4 is 0 Å². The molecule has 0 aromatic heterocycles. The summed E-state index contributed by atoms with van der Waals surface area (Å²) in [6, 6.07) is 5.02. The quantitative estimate of drug-likeness (QED) is 0.756. The molecule has 1 heterocycles. The summed E-state index contributed by atoms with van der Waals surface area (Å²) in [6.07, 6.45) is -4.38. The van der Waals surface area contributed by atoms with Gasteiger partial charge in [-0.2, -0.15) is 13.2 Å². The van der Waals surface area contributed by atoms with Gasteiger partial charge in [0.15, 0.2) is 0 Å². The predicted octanol–water partition coefficient (Wildman–Crippen LogP) is 4.35. The van der Waals surface area contributed by atoms with Gasteiger partial charge in [-0.25, -0.2) is 0 Å². The molecule has 0 aliphatic carbocycles. The molecule has 21 heavy (non-hydrogen) atoms. The molecule has 0 atom stereocenters. The van der Waals surface area contributed by atoms with Gasteiger partial charge in [-0.3, -0.25) is 0 Å². The Labute approximate surface area is 123 Å². The van der Waals surface area contributed by atoms with Crippen molar-refractivity contribution in [3.8, 4) is 0 Å². The van der Waals surface area contributed by atoms with Gasteiger partial charge in [0.25, 0.3) is 0 Å². The maximum atomic E-state index is 12.8. The van der Waals surface area contributed by atoms with Crippen LogP contribution in [0.4, 0.5) is 13.2 Å². The molecule has 2 nitrogen and oxygen atoms in total. The van der Waals surface area contributed by atoms with Crippen molar-refractivity contribution in [3.05, 3.63) is 42.0 Å². The average molecular weight is 298 g/mol. The molecule has 1 saturated heterocycles. The van der Waals surface area contributed by atoms with Crippen LogP contribution in [0.2, 0.25) is 0 Å². The minimum atomic E-state index is -4.38. The van der Waals surface area contributed by atoms with E-state index in [2.05, 4.69) is 6.58 Å². The van der Waals surface area contributed by atoms with E-state index >= 15 is 0 Å². The van der Waals surface area contributed by atoms with Crippen LogP contribution in [0, 0.1) is 0 Å². The van der Waals surface area contributed by atoms with Gasteiger partial charge in [0, 0.05) is 0 Å².